The van der Waals surface area contributed by atoms with E-state index in [1.807, 2.05) is 30.3 Å². The van der Waals surface area contributed by atoms with Gasteiger partial charge in [-0.05, 0) is 27.6 Å². The van der Waals surface area contributed by atoms with Crippen LogP contribution < -0.4 is 10.6 Å². The Morgan fingerprint density at radius 3 is 2.65 bits per heavy atom. The molecule has 0 spiro atoms. The quantitative estimate of drug-likeness (QED) is 0.881. The van der Waals surface area contributed by atoms with E-state index < -0.39 is 6.04 Å². The molecule has 0 aromatic heterocycles. The van der Waals surface area contributed by atoms with Gasteiger partial charge in [0.1, 0.15) is 11.9 Å². The topological polar surface area (TPSA) is 41.1 Å². The Labute approximate surface area is 124 Å². The van der Waals surface area contributed by atoms with E-state index in [-0.39, 0.29) is 11.7 Å². The van der Waals surface area contributed by atoms with Gasteiger partial charge >= 0.3 is 0 Å². The fraction of sp³-hybridized carbons (Fsp3) is 0.133. The summed E-state index contributed by atoms with van der Waals surface area (Å²) in [6.07, 6.45) is 0.559. The minimum absolute atomic E-state index is 0.111. The van der Waals surface area contributed by atoms with Crippen LogP contribution in [0.2, 0.25) is 0 Å². The molecule has 0 bridgehead atoms. The molecular formula is C15H12BrFN2O. The molecule has 0 aliphatic carbocycles. The lowest BCUT2D eigenvalue weighted by atomic mass is 10.0. The van der Waals surface area contributed by atoms with E-state index in [2.05, 4.69) is 26.6 Å². The first-order chi connectivity index (χ1) is 9.63. The van der Waals surface area contributed by atoms with Crippen LogP contribution in [-0.2, 0) is 11.2 Å². The van der Waals surface area contributed by atoms with Gasteiger partial charge in [-0.15, -0.1) is 0 Å². The van der Waals surface area contributed by atoms with Crippen molar-refractivity contribution in [2.24, 2.45) is 0 Å². The molecule has 2 N–H and O–H groups in total. The third-order valence-electron chi connectivity index (χ3n) is 3.25. The van der Waals surface area contributed by atoms with Gasteiger partial charge < -0.3 is 10.6 Å². The standard InChI is InChI=1S/C15H12BrFN2O/c16-10-7-12-13(8-11(10)17)18-14(15(20)19-12)6-9-4-2-1-3-5-9/h1-5,7-8,14,18H,6H2,(H,19,20). The maximum absolute atomic E-state index is 13.6. The van der Waals surface area contributed by atoms with Crippen LogP contribution in [0.5, 0.6) is 0 Å². The van der Waals surface area contributed by atoms with Crippen LogP contribution in [0.4, 0.5) is 15.8 Å². The summed E-state index contributed by atoms with van der Waals surface area (Å²) in [7, 11) is 0. The summed E-state index contributed by atoms with van der Waals surface area (Å²) >= 11 is 3.11. The predicted molar refractivity (Wildman–Crippen MR) is 80.3 cm³/mol. The van der Waals surface area contributed by atoms with Crippen LogP contribution in [0, 0.1) is 5.82 Å². The van der Waals surface area contributed by atoms with Crippen molar-refractivity contribution in [3.05, 3.63) is 58.3 Å². The van der Waals surface area contributed by atoms with E-state index in [9.17, 15) is 9.18 Å². The van der Waals surface area contributed by atoms with Crippen LogP contribution in [0.25, 0.3) is 0 Å². The Morgan fingerprint density at radius 2 is 1.90 bits per heavy atom. The average Bonchev–Trinajstić information content (AvgIpc) is 2.43. The monoisotopic (exact) mass is 334 g/mol. The molecule has 1 aliphatic heterocycles. The highest BCUT2D eigenvalue weighted by Crippen LogP contribution is 2.32. The zero-order valence-electron chi connectivity index (χ0n) is 10.5. The lowest BCUT2D eigenvalue weighted by molar-refractivity contribution is -0.117. The fourth-order valence-corrected chi connectivity index (χ4v) is 2.58. The molecule has 2 aromatic carbocycles. The molecule has 0 saturated carbocycles. The van der Waals surface area contributed by atoms with Crippen molar-refractivity contribution in [3.8, 4) is 0 Å². The maximum Gasteiger partial charge on any atom is 0.247 e. The molecule has 5 heteroatoms. The summed E-state index contributed by atoms with van der Waals surface area (Å²) in [6.45, 7) is 0. The van der Waals surface area contributed by atoms with E-state index in [4.69, 9.17) is 0 Å². The minimum Gasteiger partial charge on any atom is -0.372 e. The van der Waals surface area contributed by atoms with Gasteiger partial charge in [0, 0.05) is 12.5 Å². The molecule has 1 heterocycles. The number of carbonyl (C=O) groups is 1. The lowest BCUT2D eigenvalue weighted by Gasteiger charge is -2.27. The SMILES string of the molecule is O=C1Nc2cc(Br)c(F)cc2NC1Cc1ccccc1. The largest absolute Gasteiger partial charge is 0.372 e. The Kier molecular flexibility index (Phi) is 3.44. The number of anilines is 2. The summed E-state index contributed by atoms with van der Waals surface area (Å²) < 4.78 is 13.9. The van der Waals surface area contributed by atoms with E-state index >= 15 is 0 Å². The third kappa shape index (κ3) is 2.54. The Hall–Kier alpha value is -1.88. The van der Waals surface area contributed by atoms with Crippen LogP contribution in [0.1, 0.15) is 5.56 Å². The number of hydrogen-bond acceptors (Lipinski definition) is 2. The van der Waals surface area contributed by atoms with Crippen LogP contribution in [0.15, 0.2) is 46.9 Å². The summed E-state index contributed by atoms with van der Waals surface area (Å²) in [5.41, 5.74) is 2.25. The molecule has 3 rings (SSSR count). The van der Waals surface area contributed by atoms with Crippen LogP contribution >= 0.6 is 15.9 Å². The number of halogens is 2. The number of nitrogens with one attached hydrogen (secondary N) is 2. The fourth-order valence-electron chi connectivity index (χ4n) is 2.24. The van der Waals surface area contributed by atoms with Gasteiger partial charge in [-0.2, -0.15) is 0 Å². The van der Waals surface area contributed by atoms with Gasteiger partial charge in [0.15, 0.2) is 0 Å². The number of carbonyl (C=O) groups excluding carboxylic acids is 1. The number of benzene rings is 2. The second-order valence-electron chi connectivity index (χ2n) is 4.69. The first-order valence-electron chi connectivity index (χ1n) is 6.24. The molecule has 20 heavy (non-hydrogen) atoms. The van der Waals surface area contributed by atoms with Crippen molar-refractivity contribution in [3.63, 3.8) is 0 Å². The molecule has 1 unspecified atom stereocenters. The molecule has 0 saturated heterocycles. The van der Waals surface area contributed by atoms with Crippen molar-refractivity contribution in [2.45, 2.75) is 12.5 Å². The van der Waals surface area contributed by atoms with Crippen molar-refractivity contribution in [1.82, 2.24) is 0 Å². The zero-order chi connectivity index (χ0) is 14.1. The van der Waals surface area contributed by atoms with E-state index in [0.717, 1.165) is 5.56 Å². The lowest BCUT2D eigenvalue weighted by Crippen LogP contribution is -2.40. The summed E-state index contributed by atoms with van der Waals surface area (Å²) in [4.78, 5) is 12.1. The summed E-state index contributed by atoms with van der Waals surface area (Å²) in [5.74, 6) is -0.467. The summed E-state index contributed by atoms with van der Waals surface area (Å²) in [6, 6.07) is 12.3. The highest BCUT2D eigenvalue weighted by molar-refractivity contribution is 9.10. The van der Waals surface area contributed by atoms with Crippen molar-refractivity contribution in [2.75, 3.05) is 10.6 Å². The molecule has 2 aromatic rings. The molecule has 1 atom stereocenters. The molecule has 3 nitrogen and oxygen atoms in total. The van der Waals surface area contributed by atoms with Gasteiger partial charge in [0.2, 0.25) is 5.91 Å². The molecule has 1 aliphatic rings. The molecule has 0 fully saturated rings. The molecule has 1 amide bonds. The number of amides is 1. The maximum atomic E-state index is 13.6. The van der Waals surface area contributed by atoms with E-state index in [1.54, 1.807) is 6.07 Å². The Balaban J connectivity index is 1.85. The molecular weight excluding hydrogens is 323 g/mol. The minimum atomic E-state index is -0.398. The van der Waals surface area contributed by atoms with Crippen molar-refractivity contribution in [1.29, 1.82) is 0 Å². The van der Waals surface area contributed by atoms with Gasteiger partial charge in [0.05, 0.1) is 15.8 Å². The van der Waals surface area contributed by atoms with Gasteiger partial charge in [-0.1, -0.05) is 30.3 Å². The summed E-state index contributed by atoms with van der Waals surface area (Å²) in [5, 5.41) is 5.89. The van der Waals surface area contributed by atoms with Crippen molar-refractivity contribution >= 4 is 33.2 Å². The second-order valence-corrected chi connectivity index (χ2v) is 5.54. The smallest absolute Gasteiger partial charge is 0.247 e. The van der Waals surface area contributed by atoms with Gasteiger partial charge in [0.25, 0.3) is 0 Å². The predicted octanol–water partition coefficient (Wildman–Crippen LogP) is 3.56. The number of hydrogen-bond donors (Lipinski definition) is 2. The van der Waals surface area contributed by atoms with E-state index in [1.165, 1.54) is 6.07 Å². The highest BCUT2D eigenvalue weighted by atomic mass is 79.9. The third-order valence-corrected chi connectivity index (χ3v) is 3.85. The first kappa shape index (κ1) is 13.1. The van der Waals surface area contributed by atoms with Crippen molar-refractivity contribution < 1.29 is 9.18 Å². The zero-order valence-corrected chi connectivity index (χ0v) is 12.1. The Morgan fingerprint density at radius 1 is 1.15 bits per heavy atom. The first-order valence-corrected chi connectivity index (χ1v) is 7.03. The number of rotatable bonds is 2. The number of fused-ring (bicyclic) bond motifs is 1. The highest BCUT2D eigenvalue weighted by Gasteiger charge is 2.26. The normalized spacial score (nSPS) is 17.1. The molecule has 0 radical (unpaired) electrons. The van der Waals surface area contributed by atoms with Crippen LogP contribution in [0.3, 0.4) is 0 Å². The second kappa shape index (κ2) is 5.25. The molecule has 102 valence electrons. The average molecular weight is 335 g/mol. The Bertz CT molecular complexity index is 660. The van der Waals surface area contributed by atoms with Crippen LogP contribution in [-0.4, -0.2) is 11.9 Å². The van der Waals surface area contributed by atoms with Gasteiger partial charge in [-0.25, -0.2) is 4.39 Å². The van der Waals surface area contributed by atoms with Gasteiger partial charge in [-0.3, -0.25) is 4.79 Å². The van der Waals surface area contributed by atoms with E-state index in [0.29, 0.717) is 22.3 Å².